The van der Waals surface area contributed by atoms with Gasteiger partial charge in [0.1, 0.15) is 11.6 Å². The Balaban J connectivity index is 2.01. The zero-order valence-electron chi connectivity index (χ0n) is 10.7. The number of nitrogens with one attached hydrogen (secondary N) is 1. The van der Waals surface area contributed by atoms with Crippen LogP contribution in [0.15, 0.2) is 18.5 Å². The normalized spacial score (nSPS) is 14.8. The Kier molecular flexibility index (Phi) is 2.74. The predicted molar refractivity (Wildman–Crippen MR) is 70.4 cm³/mol. The summed E-state index contributed by atoms with van der Waals surface area (Å²) < 4.78 is 1.79. The molecule has 0 amide bonds. The molecular weight excluding hydrogens is 226 g/mol. The second-order valence-electron chi connectivity index (χ2n) is 4.70. The third-order valence-corrected chi connectivity index (χ3v) is 3.04. The van der Waals surface area contributed by atoms with Gasteiger partial charge in [-0.2, -0.15) is 5.10 Å². The Labute approximate surface area is 106 Å². The lowest BCUT2D eigenvalue weighted by Gasteiger charge is -2.07. The first-order valence-corrected chi connectivity index (χ1v) is 6.38. The largest absolute Gasteiger partial charge is 0.370 e. The molecule has 94 valence electrons. The van der Waals surface area contributed by atoms with E-state index in [-0.39, 0.29) is 0 Å². The Bertz CT molecular complexity index is 556. The summed E-state index contributed by atoms with van der Waals surface area (Å²) in [5, 5.41) is 7.46. The summed E-state index contributed by atoms with van der Waals surface area (Å²) in [4.78, 5) is 9.22. The first kappa shape index (κ1) is 11.2. The Morgan fingerprint density at radius 2 is 2.22 bits per heavy atom. The highest BCUT2D eigenvalue weighted by molar-refractivity contribution is 5.61. The molecule has 18 heavy (non-hydrogen) atoms. The van der Waals surface area contributed by atoms with Crippen molar-refractivity contribution >= 4 is 5.82 Å². The lowest BCUT2D eigenvalue weighted by atomic mass is 10.2. The summed E-state index contributed by atoms with van der Waals surface area (Å²) >= 11 is 0. The number of aromatic nitrogens is 4. The van der Waals surface area contributed by atoms with E-state index in [1.54, 1.807) is 4.68 Å². The smallest absolute Gasteiger partial charge is 0.134 e. The number of nitrogens with zero attached hydrogens (tertiary/aromatic N) is 4. The third kappa shape index (κ3) is 2.20. The van der Waals surface area contributed by atoms with E-state index in [0.717, 1.165) is 29.4 Å². The minimum absolute atomic E-state index is 0.555. The standard InChI is InChI=1S/C13H17N5/c1-3-14-12-6-11(10-7-15-18(2)8-10)16-13(17-12)9-4-5-9/h6-9H,3-5H2,1-2H3,(H,14,16,17). The molecule has 5 heteroatoms. The van der Waals surface area contributed by atoms with E-state index in [1.165, 1.54) is 12.8 Å². The highest BCUT2D eigenvalue weighted by atomic mass is 15.2. The van der Waals surface area contributed by atoms with Crippen LogP contribution in [0.1, 0.15) is 31.5 Å². The predicted octanol–water partition coefficient (Wildman–Crippen LogP) is 2.19. The monoisotopic (exact) mass is 243 g/mol. The summed E-state index contributed by atoms with van der Waals surface area (Å²) in [6.45, 7) is 2.94. The van der Waals surface area contributed by atoms with Gasteiger partial charge < -0.3 is 5.32 Å². The lowest BCUT2D eigenvalue weighted by molar-refractivity contribution is 0.768. The van der Waals surface area contributed by atoms with E-state index < -0.39 is 0 Å². The van der Waals surface area contributed by atoms with E-state index in [9.17, 15) is 0 Å². The van der Waals surface area contributed by atoms with Gasteiger partial charge in [-0.25, -0.2) is 9.97 Å². The second-order valence-corrected chi connectivity index (χ2v) is 4.70. The maximum Gasteiger partial charge on any atom is 0.134 e. The molecule has 0 bridgehead atoms. The molecule has 0 saturated heterocycles. The van der Waals surface area contributed by atoms with Gasteiger partial charge in [0.25, 0.3) is 0 Å². The van der Waals surface area contributed by atoms with Crippen molar-refractivity contribution in [1.29, 1.82) is 0 Å². The van der Waals surface area contributed by atoms with Crippen molar-refractivity contribution in [3.8, 4) is 11.3 Å². The number of anilines is 1. The molecule has 0 aliphatic heterocycles. The third-order valence-electron chi connectivity index (χ3n) is 3.04. The van der Waals surface area contributed by atoms with Crippen LogP contribution in [-0.2, 0) is 7.05 Å². The quantitative estimate of drug-likeness (QED) is 0.894. The average molecular weight is 243 g/mol. The van der Waals surface area contributed by atoms with Gasteiger partial charge in [0.05, 0.1) is 11.9 Å². The molecule has 0 radical (unpaired) electrons. The van der Waals surface area contributed by atoms with Gasteiger partial charge >= 0.3 is 0 Å². The van der Waals surface area contributed by atoms with Crippen molar-refractivity contribution in [3.63, 3.8) is 0 Å². The number of rotatable bonds is 4. The topological polar surface area (TPSA) is 55.6 Å². The van der Waals surface area contributed by atoms with Crippen LogP contribution >= 0.6 is 0 Å². The minimum Gasteiger partial charge on any atom is -0.370 e. The fourth-order valence-electron chi connectivity index (χ4n) is 1.96. The second kappa shape index (κ2) is 4.40. The van der Waals surface area contributed by atoms with Gasteiger partial charge in [0, 0.05) is 37.3 Å². The Morgan fingerprint density at radius 3 is 2.83 bits per heavy atom. The summed E-state index contributed by atoms with van der Waals surface area (Å²) in [6, 6.07) is 1.99. The summed E-state index contributed by atoms with van der Waals surface area (Å²) in [5.41, 5.74) is 2.00. The molecule has 2 aromatic rings. The number of hydrogen-bond acceptors (Lipinski definition) is 4. The van der Waals surface area contributed by atoms with Crippen LogP contribution in [0.4, 0.5) is 5.82 Å². The summed E-state index contributed by atoms with van der Waals surface area (Å²) in [7, 11) is 1.91. The molecule has 2 aromatic heterocycles. The van der Waals surface area contributed by atoms with Crippen LogP contribution in [0.25, 0.3) is 11.3 Å². The van der Waals surface area contributed by atoms with Crippen molar-refractivity contribution < 1.29 is 0 Å². The molecule has 0 spiro atoms. The molecule has 1 aliphatic carbocycles. The van der Waals surface area contributed by atoms with Crippen molar-refractivity contribution in [3.05, 3.63) is 24.3 Å². The minimum atomic E-state index is 0.555. The van der Waals surface area contributed by atoms with E-state index in [0.29, 0.717) is 5.92 Å². The zero-order chi connectivity index (χ0) is 12.5. The van der Waals surface area contributed by atoms with Gasteiger partial charge in [-0.1, -0.05) is 0 Å². The highest BCUT2D eigenvalue weighted by Crippen LogP contribution is 2.39. The molecule has 0 atom stereocenters. The van der Waals surface area contributed by atoms with Crippen molar-refractivity contribution in [2.24, 2.45) is 7.05 Å². The maximum absolute atomic E-state index is 4.66. The molecule has 5 nitrogen and oxygen atoms in total. The van der Waals surface area contributed by atoms with E-state index >= 15 is 0 Å². The molecule has 2 heterocycles. The van der Waals surface area contributed by atoms with E-state index in [1.807, 2.05) is 25.5 Å². The molecule has 3 rings (SSSR count). The van der Waals surface area contributed by atoms with Crippen molar-refractivity contribution in [2.75, 3.05) is 11.9 Å². The summed E-state index contributed by atoms with van der Waals surface area (Å²) in [6.07, 6.45) is 6.24. The molecule has 1 saturated carbocycles. The fraction of sp³-hybridized carbons (Fsp3) is 0.462. The lowest BCUT2D eigenvalue weighted by Crippen LogP contribution is -2.03. The van der Waals surface area contributed by atoms with Gasteiger partial charge in [-0.05, 0) is 19.8 Å². The molecule has 0 aromatic carbocycles. The van der Waals surface area contributed by atoms with Gasteiger partial charge in [0.15, 0.2) is 0 Å². The summed E-state index contributed by atoms with van der Waals surface area (Å²) in [5.74, 6) is 2.43. The molecular formula is C13H17N5. The van der Waals surface area contributed by atoms with E-state index in [2.05, 4.69) is 27.3 Å². The fourth-order valence-corrected chi connectivity index (χ4v) is 1.96. The molecule has 1 aliphatic rings. The Morgan fingerprint density at radius 1 is 1.39 bits per heavy atom. The highest BCUT2D eigenvalue weighted by Gasteiger charge is 2.27. The van der Waals surface area contributed by atoms with Crippen molar-refractivity contribution in [1.82, 2.24) is 19.7 Å². The van der Waals surface area contributed by atoms with Crippen LogP contribution < -0.4 is 5.32 Å². The van der Waals surface area contributed by atoms with Crippen LogP contribution in [0.5, 0.6) is 0 Å². The molecule has 1 fully saturated rings. The first-order valence-electron chi connectivity index (χ1n) is 6.38. The average Bonchev–Trinajstić information content (AvgIpc) is 3.12. The van der Waals surface area contributed by atoms with Crippen molar-refractivity contribution in [2.45, 2.75) is 25.7 Å². The van der Waals surface area contributed by atoms with Crippen LogP contribution in [-0.4, -0.2) is 26.3 Å². The number of hydrogen-bond donors (Lipinski definition) is 1. The van der Waals surface area contributed by atoms with E-state index in [4.69, 9.17) is 0 Å². The number of aryl methyl sites for hydroxylation is 1. The SMILES string of the molecule is CCNc1cc(-c2cnn(C)c2)nc(C2CC2)n1. The zero-order valence-corrected chi connectivity index (χ0v) is 10.7. The Hall–Kier alpha value is -1.91. The first-order chi connectivity index (χ1) is 8.76. The molecule has 0 unspecified atom stereocenters. The van der Waals surface area contributed by atoms with Crippen LogP contribution in [0, 0.1) is 0 Å². The molecule has 1 N–H and O–H groups in total. The van der Waals surface area contributed by atoms with Gasteiger partial charge in [-0.15, -0.1) is 0 Å². The van der Waals surface area contributed by atoms with Gasteiger partial charge in [-0.3, -0.25) is 4.68 Å². The van der Waals surface area contributed by atoms with Crippen LogP contribution in [0.2, 0.25) is 0 Å². The van der Waals surface area contributed by atoms with Gasteiger partial charge in [0.2, 0.25) is 0 Å². The maximum atomic E-state index is 4.66. The van der Waals surface area contributed by atoms with Crippen LogP contribution in [0.3, 0.4) is 0 Å².